The van der Waals surface area contributed by atoms with Gasteiger partial charge in [0.25, 0.3) is 0 Å². The van der Waals surface area contributed by atoms with Gasteiger partial charge in [0.2, 0.25) is 5.13 Å². The number of piperidine rings is 1. The van der Waals surface area contributed by atoms with E-state index in [4.69, 9.17) is 5.73 Å². The van der Waals surface area contributed by atoms with Crippen molar-refractivity contribution < 1.29 is 9.59 Å². The van der Waals surface area contributed by atoms with Gasteiger partial charge in [-0.1, -0.05) is 11.3 Å². The van der Waals surface area contributed by atoms with Gasteiger partial charge in [0, 0.05) is 25.6 Å². The van der Waals surface area contributed by atoms with Crippen LogP contribution < -0.4 is 16.4 Å². The lowest BCUT2D eigenvalue weighted by Gasteiger charge is -2.32. The van der Waals surface area contributed by atoms with E-state index in [1.54, 1.807) is 4.90 Å². The van der Waals surface area contributed by atoms with Crippen molar-refractivity contribution in [1.82, 2.24) is 20.4 Å². The fraction of sp³-hybridized carbons (Fsp3) is 0.692. The minimum Gasteiger partial charge on any atom is -0.352 e. The Hall–Kier alpha value is -1.90. The average Bonchev–Trinajstić information content (AvgIpc) is 3.26. The van der Waals surface area contributed by atoms with Gasteiger partial charge in [-0.2, -0.15) is 0 Å². The molecule has 120 valence electrons. The third-order valence-electron chi connectivity index (χ3n) is 3.95. The fourth-order valence-electron chi connectivity index (χ4n) is 2.61. The van der Waals surface area contributed by atoms with Gasteiger partial charge in [-0.05, 0) is 31.6 Å². The SMILES string of the molecule is NC(=O)NC[C@@H]1CCCN(C(=O)Nc2nnc(C3CC3)s2)C1. The van der Waals surface area contributed by atoms with Crippen molar-refractivity contribution in [2.45, 2.75) is 31.6 Å². The largest absolute Gasteiger partial charge is 0.352 e. The number of hydrogen-bond donors (Lipinski definition) is 3. The van der Waals surface area contributed by atoms with Crippen LogP contribution in [0, 0.1) is 5.92 Å². The van der Waals surface area contributed by atoms with Crippen molar-refractivity contribution >= 4 is 28.5 Å². The zero-order valence-electron chi connectivity index (χ0n) is 12.2. The average molecular weight is 324 g/mol. The summed E-state index contributed by atoms with van der Waals surface area (Å²) in [5.41, 5.74) is 5.08. The van der Waals surface area contributed by atoms with Gasteiger partial charge < -0.3 is 16.0 Å². The molecule has 0 radical (unpaired) electrons. The number of nitrogens with one attached hydrogen (secondary N) is 2. The molecule has 1 saturated heterocycles. The molecule has 3 rings (SSSR count). The van der Waals surface area contributed by atoms with Crippen molar-refractivity contribution in [3.63, 3.8) is 0 Å². The number of carbonyl (C=O) groups is 2. The Morgan fingerprint density at radius 3 is 2.86 bits per heavy atom. The maximum absolute atomic E-state index is 12.3. The zero-order valence-corrected chi connectivity index (χ0v) is 13.1. The Morgan fingerprint density at radius 1 is 1.32 bits per heavy atom. The summed E-state index contributed by atoms with van der Waals surface area (Å²) in [6.45, 7) is 1.83. The van der Waals surface area contributed by atoms with Crippen LogP contribution in [-0.2, 0) is 0 Å². The minimum atomic E-state index is -0.525. The first kappa shape index (κ1) is 15.0. The molecule has 0 spiro atoms. The fourth-order valence-corrected chi connectivity index (χ4v) is 3.51. The van der Waals surface area contributed by atoms with Crippen LogP contribution in [0.4, 0.5) is 14.7 Å². The first-order valence-electron chi connectivity index (χ1n) is 7.54. The molecule has 2 fully saturated rings. The summed E-state index contributed by atoms with van der Waals surface area (Å²) < 4.78 is 0. The number of rotatable bonds is 4. The van der Waals surface area contributed by atoms with Gasteiger partial charge in [0.05, 0.1) is 0 Å². The molecule has 2 aliphatic rings. The number of primary amides is 1. The highest BCUT2D eigenvalue weighted by molar-refractivity contribution is 7.15. The highest BCUT2D eigenvalue weighted by Crippen LogP contribution is 2.42. The van der Waals surface area contributed by atoms with Crippen molar-refractivity contribution in [3.8, 4) is 0 Å². The molecule has 1 saturated carbocycles. The van der Waals surface area contributed by atoms with Gasteiger partial charge in [-0.25, -0.2) is 9.59 Å². The van der Waals surface area contributed by atoms with Crippen molar-refractivity contribution in [3.05, 3.63) is 5.01 Å². The molecule has 1 aromatic heterocycles. The number of nitrogens with zero attached hydrogens (tertiary/aromatic N) is 3. The topological polar surface area (TPSA) is 113 Å². The molecule has 22 heavy (non-hydrogen) atoms. The van der Waals surface area contributed by atoms with Crippen LogP contribution in [0.25, 0.3) is 0 Å². The van der Waals surface area contributed by atoms with E-state index >= 15 is 0 Å². The van der Waals surface area contributed by atoms with E-state index in [2.05, 4.69) is 20.8 Å². The number of likely N-dealkylation sites (tertiary alicyclic amines) is 1. The lowest BCUT2D eigenvalue weighted by Crippen LogP contribution is -2.46. The van der Waals surface area contributed by atoms with Crippen LogP contribution in [0.2, 0.25) is 0 Å². The minimum absolute atomic E-state index is 0.151. The molecular weight excluding hydrogens is 304 g/mol. The first-order valence-corrected chi connectivity index (χ1v) is 8.36. The van der Waals surface area contributed by atoms with E-state index in [0.717, 1.165) is 17.8 Å². The van der Waals surface area contributed by atoms with Gasteiger partial charge in [0.1, 0.15) is 5.01 Å². The van der Waals surface area contributed by atoms with Crippen LogP contribution in [0.3, 0.4) is 0 Å². The standard InChI is InChI=1S/C13H20N6O2S/c14-11(20)15-6-8-2-1-5-19(7-8)13(21)16-12-18-17-10(22-12)9-3-4-9/h8-9H,1-7H2,(H3,14,15,20)(H,16,18,21)/t8-/m0/s1. The van der Waals surface area contributed by atoms with Crippen LogP contribution in [0.15, 0.2) is 0 Å². The third kappa shape index (κ3) is 3.85. The highest BCUT2D eigenvalue weighted by Gasteiger charge is 2.28. The Labute approximate surface area is 132 Å². The van der Waals surface area contributed by atoms with Crippen LogP contribution in [0.1, 0.15) is 36.6 Å². The number of amides is 4. The predicted octanol–water partition coefficient (Wildman–Crippen LogP) is 1.33. The lowest BCUT2D eigenvalue weighted by atomic mass is 9.98. The Kier molecular flexibility index (Phi) is 4.41. The second-order valence-electron chi connectivity index (χ2n) is 5.85. The Balaban J connectivity index is 1.50. The summed E-state index contributed by atoms with van der Waals surface area (Å²) in [6.07, 6.45) is 4.24. The number of urea groups is 2. The number of carbonyl (C=O) groups excluding carboxylic acids is 2. The predicted molar refractivity (Wildman–Crippen MR) is 82.8 cm³/mol. The molecule has 8 nitrogen and oxygen atoms in total. The molecule has 2 heterocycles. The van der Waals surface area contributed by atoms with E-state index in [1.165, 1.54) is 24.2 Å². The van der Waals surface area contributed by atoms with Crippen molar-refractivity contribution in [2.75, 3.05) is 25.0 Å². The lowest BCUT2D eigenvalue weighted by molar-refractivity contribution is 0.176. The molecule has 1 aromatic rings. The second-order valence-corrected chi connectivity index (χ2v) is 6.86. The summed E-state index contributed by atoms with van der Waals surface area (Å²) in [6, 6.07) is -0.676. The molecule has 9 heteroatoms. The van der Waals surface area contributed by atoms with Gasteiger partial charge in [-0.15, -0.1) is 10.2 Å². The smallest absolute Gasteiger partial charge is 0.323 e. The third-order valence-corrected chi connectivity index (χ3v) is 4.95. The maximum atomic E-state index is 12.3. The van der Waals surface area contributed by atoms with Gasteiger partial charge in [-0.3, -0.25) is 5.32 Å². The molecule has 0 aromatic carbocycles. The molecular formula is C13H20N6O2S. The van der Waals surface area contributed by atoms with E-state index in [0.29, 0.717) is 30.7 Å². The molecule has 1 aliphatic carbocycles. The van der Waals surface area contributed by atoms with E-state index in [-0.39, 0.29) is 11.9 Å². The summed E-state index contributed by atoms with van der Waals surface area (Å²) in [4.78, 5) is 24.8. The van der Waals surface area contributed by atoms with E-state index in [1.807, 2.05) is 0 Å². The number of anilines is 1. The van der Waals surface area contributed by atoms with Crippen molar-refractivity contribution in [2.24, 2.45) is 11.7 Å². The van der Waals surface area contributed by atoms with Crippen molar-refractivity contribution in [1.29, 1.82) is 0 Å². The number of hydrogen-bond acceptors (Lipinski definition) is 5. The monoisotopic (exact) mass is 324 g/mol. The van der Waals surface area contributed by atoms with E-state index < -0.39 is 6.03 Å². The zero-order chi connectivity index (χ0) is 15.5. The quantitative estimate of drug-likeness (QED) is 0.775. The van der Waals surface area contributed by atoms with Crippen LogP contribution >= 0.6 is 11.3 Å². The van der Waals surface area contributed by atoms with Gasteiger partial charge >= 0.3 is 12.1 Å². The summed E-state index contributed by atoms with van der Waals surface area (Å²) in [5, 5.41) is 15.1. The molecule has 0 bridgehead atoms. The Bertz CT molecular complexity index is 558. The highest BCUT2D eigenvalue weighted by atomic mass is 32.1. The first-order chi connectivity index (χ1) is 10.6. The normalized spacial score (nSPS) is 21.5. The number of aromatic nitrogens is 2. The second kappa shape index (κ2) is 6.47. The number of nitrogens with two attached hydrogens (primary N) is 1. The maximum Gasteiger partial charge on any atom is 0.323 e. The summed E-state index contributed by atoms with van der Waals surface area (Å²) in [7, 11) is 0. The Morgan fingerprint density at radius 2 is 2.14 bits per heavy atom. The summed E-state index contributed by atoms with van der Waals surface area (Å²) >= 11 is 1.46. The molecule has 0 unspecified atom stereocenters. The van der Waals surface area contributed by atoms with Crippen LogP contribution in [0.5, 0.6) is 0 Å². The summed E-state index contributed by atoms with van der Waals surface area (Å²) in [5.74, 6) is 0.783. The molecule has 1 aliphatic heterocycles. The van der Waals surface area contributed by atoms with E-state index in [9.17, 15) is 9.59 Å². The van der Waals surface area contributed by atoms with Crippen LogP contribution in [-0.4, -0.2) is 46.8 Å². The molecule has 4 N–H and O–H groups in total. The molecule has 1 atom stereocenters. The molecule has 4 amide bonds. The van der Waals surface area contributed by atoms with Gasteiger partial charge in [0.15, 0.2) is 0 Å².